The third-order valence-electron chi connectivity index (χ3n) is 14.9. The minimum atomic E-state index is -4.45. The van der Waals surface area contributed by atoms with Gasteiger partial charge in [0, 0.05) is 12.8 Å². The van der Waals surface area contributed by atoms with E-state index in [4.69, 9.17) is 13.8 Å². The van der Waals surface area contributed by atoms with Crippen molar-refractivity contribution in [2.24, 2.45) is 0 Å². The summed E-state index contributed by atoms with van der Waals surface area (Å²) in [6.45, 7) is 6.93. The van der Waals surface area contributed by atoms with Crippen LogP contribution in [0, 0.1) is 0 Å². The van der Waals surface area contributed by atoms with E-state index in [1.165, 1.54) is 186 Å². The number of nitrogens with one attached hydrogen (secondary N) is 1. The van der Waals surface area contributed by atoms with Gasteiger partial charge in [-0.1, -0.05) is 293 Å². The highest BCUT2D eigenvalue weighted by Crippen LogP contribution is 2.43. The van der Waals surface area contributed by atoms with Crippen LogP contribution >= 0.6 is 7.82 Å². The first-order chi connectivity index (χ1) is 38.9. The molecule has 1 amide bonds. The van der Waals surface area contributed by atoms with Crippen molar-refractivity contribution < 1.29 is 37.3 Å². The number of carbonyl (C=O) groups is 2. The van der Waals surface area contributed by atoms with Crippen molar-refractivity contribution in [3.05, 3.63) is 72.9 Å². The molecule has 0 spiro atoms. The largest absolute Gasteiger partial charge is 0.472 e. The molecule has 10 heteroatoms. The van der Waals surface area contributed by atoms with Gasteiger partial charge >= 0.3 is 13.8 Å². The maximum Gasteiger partial charge on any atom is 0.472 e. The summed E-state index contributed by atoms with van der Waals surface area (Å²) < 4.78 is 30.8. The maximum atomic E-state index is 13.6. The Hall–Kier alpha value is -2.55. The molecule has 0 fully saturated rings. The summed E-state index contributed by atoms with van der Waals surface area (Å²) in [7, 11) is 1.50. The SMILES string of the molecule is CC/C=C\C/C=C\C/C=C\C/C=C\C/C=C\CCCCCCCCCCCCCC(=O)OC(/C=C\CCCCCCCCCCCCC)C(COP(=O)(O)OCC[N+](C)(C)C)NC(=O)CCCCCCCCCCCCCCCC. The zero-order valence-corrected chi connectivity index (χ0v) is 54.2. The van der Waals surface area contributed by atoms with Crippen molar-refractivity contribution in [1.29, 1.82) is 0 Å². The molecule has 466 valence electrons. The number of amides is 1. The molecular formula is C70H130N2O7P+. The van der Waals surface area contributed by atoms with E-state index in [1.54, 1.807) is 0 Å². The van der Waals surface area contributed by atoms with E-state index in [-0.39, 0.29) is 31.5 Å². The summed E-state index contributed by atoms with van der Waals surface area (Å²) in [5.74, 6) is -0.499. The first-order valence-electron chi connectivity index (χ1n) is 33.8. The minimum Gasteiger partial charge on any atom is -0.456 e. The highest BCUT2D eigenvalue weighted by Gasteiger charge is 2.30. The predicted molar refractivity (Wildman–Crippen MR) is 346 cm³/mol. The molecule has 0 rings (SSSR count). The van der Waals surface area contributed by atoms with Crippen molar-refractivity contribution >= 4 is 19.7 Å². The fourth-order valence-corrected chi connectivity index (χ4v) is 10.5. The number of ether oxygens (including phenoxy) is 1. The van der Waals surface area contributed by atoms with E-state index < -0.39 is 20.0 Å². The molecule has 3 unspecified atom stereocenters. The molecule has 0 aromatic rings. The minimum absolute atomic E-state index is 0.0399. The summed E-state index contributed by atoms with van der Waals surface area (Å²) in [5.41, 5.74) is 0. The lowest BCUT2D eigenvalue weighted by Crippen LogP contribution is -2.47. The fourth-order valence-electron chi connectivity index (χ4n) is 9.73. The van der Waals surface area contributed by atoms with Crippen LogP contribution in [0.1, 0.15) is 310 Å². The number of rotatable bonds is 61. The summed E-state index contributed by atoms with van der Waals surface area (Å²) in [4.78, 5) is 37.8. The van der Waals surface area contributed by atoms with Crippen LogP contribution in [-0.2, 0) is 27.9 Å². The summed E-state index contributed by atoms with van der Waals surface area (Å²) >= 11 is 0. The Labute approximate surface area is 495 Å². The van der Waals surface area contributed by atoms with Crippen LogP contribution in [0.5, 0.6) is 0 Å². The Balaban J connectivity index is 5.08. The van der Waals surface area contributed by atoms with Crippen molar-refractivity contribution in [2.75, 3.05) is 40.9 Å². The first-order valence-corrected chi connectivity index (χ1v) is 35.3. The molecule has 0 aliphatic heterocycles. The number of phosphoric acid groups is 1. The van der Waals surface area contributed by atoms with Gasteiger partial charge in [0.15, 0.2) is 0 Å². The molecular weight excluding hydrogens is 1010 g/mol. The van der Waals surface area contributed by atoms with Gasteiger partial charge in [-0.25, -0.2) is 4.57 Å². The normalized spacial score (nSPS) is 14.0. The highest BCUT2D eigenvalue weighted by molar-refractivity contribution is 7.47. The van der Waals surface area contributed by atoms with Gasteiger partial charge in [0.25, 0.3) is 0 Å². The van der Waals surface area contributed by atoms with E-state index in [2.05, 4.69) is 86.8 Å². The smallest absolute Gasteiger partial charge is 0.456 e. The van der Waals surface area contributed by atoms with Crippen LogP contribution in [-0.4, -0.2) is 74.3 Å². The molecule has 80 heavy (non-hydrogen) atoms. The molecule has 0 radical (unpaired) electrons. The lowest BCUT2D eigenvalue weighted by atomic mass is 10.0. The van der Waals surface area contributed by atoms with E-state index in [9.17, 15) is 19.0 Å². The van der Waals surface area contributed by atoms with E-state index in [1.807, 2.05) is 33.3 Å². The predicted octanol–water partition coefficient (Wildman–Crippen LogP) is 21.2. The lowest BCUT2D eigenvalue weighted by Gasteiger charge is -2.27. The molecule has 0 bridgehead atoms. The molecule has 0 saturated heterocycles. The maximum absolute atomic E-state index is 13.6. The summed E-state index contributed by atoms with van der Waals surface area (Å²) in [6.07, 6.45) is 77.6. The Bertz CT molecular complexity index is 1600. The number of allylic oxidation sites excluding steroid dienone is 11. The number of hydrogen-bond acceptors (Lipinski definition) is 6. The van der Waals surface area contributed by atoms with Crippen molar-refractivity contribution in [3.63, 3.8) is 0 Å². The van der Waals surface area contributed by atoms with E-state index in [0.717, 1.165) is 89.9 Å². The number of quaternary nitrogens is 1. The molecule has 2 N–H and O–H groups in total. The second kappa shape index (κ2) is 59.6. The van der Waals surface area contributed by atoms with Crippen molar-refractivity contribution in [1.82, 2.24) is 5.32 Å². The fraction of sp³-hybridized carbons (Fsp3) is 0.800. The quantitative estimate of drug-likeness (QED) is 0.0205. The van der Waals surface area contributed by atoms with Crippen molar-refractivity contribution in [2.45, 2.75) is 322 Å². The average Bonchev–Trinajstić information content (AvgIpc) is 3.42. The Morgan fingerprint density at radius 3 is 1.20 bits per heavy atom. The third kappa shape index (κ3) is 60.1. The molecule has 0 aliphatic carbocycles. The second-order valence-corrected chi connectivity index (χ2v) is 25.4. The number of unbranched alkanes of at least 4 members (excludes halogenated alkanes) is 35. The van der Waals surface area contributed by atoms with Gasteiger partial charge in [-0.3, -0.25) is 18.6 Å². The number of phosphoric ester groups is 1. The molecule has 0 aromatic heterocycles. The molecule has 0 aliphatic rings. The van der Waals surface area contributed by atoms with Gasteiger partial charge in [0.2, 0.25) is 5.91 Å². The molecule has 9 nitrogen and oxygen atoms in total. The Kier molecular flexibility index (Phi) is 57.7. The van der Waals surface area contributed by atoms with Gasteiger partial charge in [-0.2, -0.15) is 0 Å². The van der Waals surface area contributed by atoms with Gasteiger partial charge in [-0.15, -0.1) is 0 Å². The highest BCUT2D eigenvalue weighted by atomic mass is 31.2. The van der Waals surface area contributed by atoms with Crippen molar-refractivity contribution in [3.8, 4) is 0 Å². The Morgan fingerprint density at radius 1 is 0.450 bits per heavy atom. The standard InChI is InChI=1S/C70H129N2O7P/c1-7-10-13-16-19-22-25-28-30-31-32-33-34-35-36-37-38-39-40-41-42-45-48-51-54-57-60-63-70(74)79-68(61-58-55-52-49-46-43-27-24-21-18-15-12-9-3)67(66-78-80(75,76)77-65-64-72(4,5)6)71-69(73)62-59-56-53-50-47-44-29-26-23-20-17-14-11-8-2/h10,13,19,22,28,30,32-33,35-36,58,61,67-68H,7-9,11-12,14-18,20-21,23-27,29,31,34,37-57,59-60,62-66H2,1-6H3,(H-,71,73,75,76)/p+1/b13-10-,22-19-,30-28-,33-32-,36-35-,61-58-. The van der Waals surface area contributed by atoms with Gasteiger partial charge in [0.1, 0.15) is 19.3 Å². The van der Waals surface area contributed by atoms with Crippen LogP contribution in [0.15, 0.2) is 72.9 Å². The number of carbonyl (C=O) groups excluding carboxylic acids is 2. The summed E-state index contributed by atoms with van der Waals surface area (Å²) in [6, 6.07) is -0.849. The molecule has 0 heterocycles. The second-order valence-electron chi connectivity index (χ2n) is 24.0. The van der Waals surface area contributed by atoms with Crippen LogP contribution in [0.3, 0.4) is 0 Å². The van der Waals surface area contributed by atoms with E-state index in [0.29, 0.717) is 17.4 Å². The average molecular weight is 1140 g/mol. The third-order valence-corrected chi connectivity index (χ3v) is 15.9. The van der Waals surface area contributed by atoms with Crippen LogP contribution in [0.2, 0.25) is 0 Å². The number of likely N-dealkylation sites (N-methyl/N-ethyl adjacent to an activating group) is 1. The molecule has 0 saturated carbocycles. The van der Waals surface area contributed by atoms with E-state index >= 15 is 0 Å². The molecule has 3 atom stereocenters. The van der Waals surface area contributed by atoms with Gasteiger partial charge < -0.3 is 19.4 Å². The lowest BCUT2D eigenvalue weighted by molar-refractivity contribution is -0.870. The van der Waals surface area contributed by atoms with Gasteiger partial charge in [0.05, 0.1) is 33.8 Å². The first kappa shape index (κ1) is 77.5. The Morgan fingerprint density at radius 2 is 0.800 bits per heavy atom. The monoisotopic (exact) mass is 1140 g/mol. The van der Waals surface area contributed by atoms with Crippen LogP contribution in [0.4, 0.5) is 0 Å². The van der Waals surface area contributed by atoms with Crippen LogP contribution in [0.25, 0.3) is 0 Å². The number of hydrogen-bond donors (Lipinski definition) is 2. The number of esters is 1. The van der Waals surface area contributed by atoms with Gasteiger partial charge in [-0.05, 0) is 76.7 Å². The zero-order chi connectivity index (χ0) is 58.6. The summed E-state index contributed by atoms with van der Waals surface area (Å²) in [5, 5.41) is 3.07. The van der Waals surface area contributed by atoms with Crippen LogP contribution < -0.4 is 5.32 Å². The topological polar surface area (TPSA) is 111 Å². The molecule has 0 aromatic carbocycles. The zero-order valence-electron chi connectivity index (χ0n) is 53.3. The number of nitrogens with zero attached hydrogens (tertiary/aromatic N) is 1.